The first-order chi connectivity index (χ1) is 10.3. The molecule has 1 N–H and O–H groups in total. The third-order valence-corrected chi connectivity index (χ3v) is 5.13. The number of benzene rings is 1. The molecular formula is C18H28N2O. The van der Waals surface area contributed by atoms with Crippen LogP contribution < -0.4 is 10.1 Å². The minimum absolute atomic E-state index is 0.792. The third kappa shape index (κ3) is 3.58. The second-order valence-corrected chi connectivity index (χ2v) is 6.63. The van der Waals surface area contributed by atoms with E-state index in [9.17, 15) is 0 Å². The molecule has 0 saturated carbocycles. The van der Waals surface area contributed by atoms with Gasteiger partial charge in [0.2, 0.25) is 0 Å². The highest BCUT2D eigenvalue weighted by Gasteiger charge is 2.28. The Balaban J connectivity index is 1.56. The van der Waals surface area contributed by atoms with Crippen molar-refractivity contribution in [3.63, 3.8) is 0 Å². The fourth-order valence-corrected chi connectivity index (χ4v) is 3.90. The number of hydrogen-bond acceptors (Lipinski definition) is 3. The predicted octanol–water partition coefficient (Wildman–Crippen LogP) is 2.97. The van der Waals surface area contributed by atoms with E-state index in [0.29, 0.717) is 0 Å². The van der Waals surface area contributed by atoms with E-state index < -0.39 is 0 Å². The Labute approximate surface area is 128 Å². The van der Waals surface area contributed by atoms with Crippen molar-refractivity contribution in [1.29, 1.82) is 0 Å². The zero-order valence-electron chi connectivity index (χ0n) is 13.4. The summed E-state index contributed by atoms with van der Waals surface area (Å²) in [6, 6.07) is 7.28. The van der Waals surface area contributed by atoms with E-state index in [0.717, 1.165) is 24.3 Å². The lowest BCUT2D eigenvalue weighted by Gasteiger charge is -2.35. The molecule has 0 spiro atoms. The zero-order valence-corrected chi connectivity index (χ0v) is 13.4. The van der Waals surface area contributed by atoms with E-state index in [1.54, 1.807) is 7.11 Å². The molecule has 2 fully saturated rings. The summed E-state index contributed by atoms with van der Waals surface area (Å²) in [7, 11) is 1.77. The number of nitrogens with one attached hydrogen (secondary N) is 1. The lowest BCUT2D eigenvalue weighted by molar-refractivity contribution is 0.156. The van der Waals surface area contributed by atoms with Gasteiger partial charge < -0.3 is 10.1 Å². The van der Waals surface area contributed by atoms with Crippen LogP contribution in [-0.2, 0) is 6.54 Å². The topological polar surface area (TPSA) is 24.5 Å². The lowest BCUT2D eigenvalue weighted by atomic mass is 9.88. The molecule has 2 aliphatic rings. The van der Waals surface area contributed by atoms with Crippen LogP contribution in [-0.4, -0.2) is 37.7 Å². The van der Waals surface area contributed by atoms with Crippen molar-refractivity contribution in [3.05, 3.63) is 29.3 Å². The highest BCUT2D eigenvalue weighted by Crippen LogP contribution is 2.28. The van der Waals surface area contributed by atoms with Gasteiger partial charge >= 0.3 is 0 Å². The molecule has 1 aromatic carbocycles. The van der Waals surface area contributed by atoms with Crippen LogP contribution in [0.25, 0.3) is 0 Å². The molecule has 1 atom stereocenters. The number of ether oxygens (including phenoxy) is 1. The lowest BCUT2D eigenvalue weighted by Crippen LogP contribution is -2.40. The van der Waals surface area contributed by atoms with E-state index in [2.05, 4.69) is 35.3 Å². The molecule has 0 radical (unpaired) electrons. The normalized spacial score (nSPS) is 24.4. The molecule has 0 aromatic heterocycles. The van der Waals surface area contributed by atoms with Gasteiger partial charge in [0.1, 0.15) is 5.75 Å². The van der Waals surface area contributed by atoms with Crippen molar-refractivity contribution >= 4 is 0 Å². The zero-order chi connectivity index (χ0) is 14.7. The van der Waals surface area contributed by atoms with Gasteiger partial charge in [0.05, 0.1) is 7.11 Å². The van der Waals surface area contributed by atoms with E-state index in [-0.39, 0.29) is 0 Å². The quantitative estimate of drug-likeness (QED) is 0.922. The Morgan fingerprint density at radius 2 is 2.05 bits per heavy atom. The first-order valence-corrected chi connectivity index (χ1v) is 8.35. The second-order valence-electron chi connectivity index (χ2n) is 6.63. The molecule has 0 bridgehead atoms. The van der Waals surface area contributed by atoms with E-state index in [4.69, 9.17) is 4.74 Å². The van der Waals surface area contributed by atoms with Crippen molar-refractivity contribution < 1.29 is 4.74 Å². The number of likely N-dealkylation sites (tertiary alicyclic amines) is 1. The summed E-state index contributed by atoms with van der Waals surface area (Å²) in [5.41, 5.74) is 2.64. The first-order valence-electron chi connectivity index (χ1n) is 8.35. The fourth-order valence-electron chi connectivity index (χ4n) is 3.90. The summed E-state index contributed by atoms with van der Waals surface area (Å²) >= 11 is 0. The van der Waals surface area contributed by atoms with Crippen LogP contribution in [0.1, 0.15) is 36.8 Å². The third-order valence-electron chi connectivity index (χ3n) is 5.13. The van der Waals surface area contributed by atoms with Crippen LogP contribution in [0.3, 0.4) is 0 Å². The summed E-state index contributed by atoms with van der Waals surface area (Å²) < 4.78 is 5.51. The number of hydrogen-bond donors (Lipinski definition) is 1. The van der Waals surface area contributed by atoms with E-state index in [1.807, 2.05) is 0 Å². The average molecular weight is 288 g/mol. The van der Waals surface area contributed by atoms with E-state index >= 15 is 0 Å². The fraction of sp³-hybridized carbons (Fsp3) is 0.667. The van der Waals surface area contributed by atoms with Gasteiger partial charge in [-0.1, -0.05) is 17.7 Å². The number of piperidine rings is 1. The number of rotatable bonds is 4. The minimum Gasteiger partial charge on any atom is -0.496 e. The number of methoxy groups -OCH3 is 1. The summed E-state index contributed by atoms with van der Waals surface area (Å²) in [6.07, 6.45) is 5.43. The molecule has 2 aliphatic heterocycles. The van der Waals surface area contributed by atoms with Crippen molar-refractivity contribution in [2.45, 2.75) is 45.2 Å². The minimum atomic E-state index is 0.792. The molecule has 2 saturated heterocycles. The van der Waals surface area contributed by atoms with Gasteiger partial charge in [-0.15, -0.1) is 0 Å². The van der Waals surface area contributed by atoms with Crippen LogP contribution in [0.15, 0.2) is 18.2 Å². The van der Waals surface area contributed by atoms with Crippen LogP contribution in [0.4, 0.5) is 0 Å². The van der Waals surface area contributed by atoms with E-state index in [1.165, 1.54) is 56.4 Å². The van der Waals surface area contributed by atoms with Crippen LogP contribution in [0.5, 0.6) is 5.75 Å². The molecule has 0 amide bonds. The maximum absolute atomic E-state index is 5.51. The first kappa shape index (κ1) is 14.9. The number of aryl methyl sites for hydroxylation is 1. The van der Waals surface area contributed by atoms with Crippen molar-refractivity contribution in [1.82, 2.24) is 10.2 Å². The van der Waals surface area contributed by atoms with Gasteiger partial charge in [-0.05, 0) is 64.2 Å². The molecule has 3 heteroatoms. The summed E-state index contributed by atoms with van der Waals surface area (Å²) in [5.74, 6) is 1.92. The Kier molecular flexibility index (Phi) is 4.81. The molecule has 116 valence electrons. The highest BCUT2D eigenvalue weighted by molar-refractivity contribution is 5.36. The molecule has 3 nitrogen and oxygen atoms in total. The smallest absolute Gasteiger partial charge is 0.123 e. The summed E-state index contributed by atoms with van der Waals surface area (Å²) in [4.78, 5) is 2.59. The Morgan fingerprint density at radius 1 is 1.24 bits per heavy atom. The Morgan fingerprint density at radius 3 is 2.71 bits per heavy atom. The molecule has 0 aliphatic carbocycles. The predicted molar refractivity (Wildman–Crippen MR) is 86.8 cm³/mol. The molecular weight excluding hydrogens is 260 g/mol. The van der Waals surface area contributed by atoms with Gasteiger partial charge in [0.25, 0.3) is 0 Å². The maximum Gasteiger partial charge on any atom is 0.123 e. The molecule has 2 heterocycles. The van der Waals surface area contributed by atoms with Gasteiger partial charge in [-0.2, -0.15) is 0 Å². The van der Waals surface area contributed by atoms with Crippen LogP contribution in [0.2, 0.25) is 0 Å². The Hall–Kier alpha value is -1.06. The molecule has 3 rings (SSSR count). The summed E-state index contributed by atoms with van der Waals surface area (Å²) in [6.45, 7) is 6.85. The monoisotopic (exact) mass is 288 g/mol. The maximum atomic E-state index is 5.51. The SMILES string of the molecule is COc1ccc(C)cc1CN1CCC(C2CCCN2)CC1. The second kappa shape index (κ2) is 6.80. The van der Waals surface area contributed by atoms with Gasteiger partial charge in [0.15, 0.2) is 0 Å². The van der Waals surface area contributed by atoms with Crippen molar-refractivity contribution in [3.8, 4) is 5.75 Å². The number of nitrogens with zero attached hydrogens (tertiary/aromatic N) is 1. The Bertz CT molecular complexity index is 460. The van der Waals surface area contributed by atoms with Gasteiger partial charge in [0, 0.05) is 18.2 Å². The van der Waals surface area contributed by atoms with Crippen LogP contribution >= 0.6 is 0 Å². The molecule has 1 aromatic rings. The highest BCUT2D eigenvalue weighted by atomic mass is 16.5. The summed E-state index contributed by atoms with van der Waals surface area (Å²) in [5, 5.41) is 3.68. The standard InChI is InChI=1S/C18H28N2O/c1-14-5-6-18(21-2)16(12-14)13-20-10-7-15(8-11-20)17-4-3-9-19-17/h5-6,12,15,17,19H,3-4,7-11,13H2,1-2H3. The largest absolute Gasteiger partial charge is 0.496 e. The van der Waals surface area contributed by atoms with Gasteiger partial charge in [-0.25, -0.2) is 0 Å². The molecule has 1 unspecified atom stereocenters. The van der Waals surface area contributed by atoms with Crippen molar-refractivity contribution in [2.75, 3.05) is 26.7 Å². The average Bonchev–Trinajstić information content (AvgIpc) is 3.03. The van der Waals surface area contributed by atoms with Crippen molar-refractivity contribution in [2.24, 2.45) is 5.92 Å². The molecule has 21 heavy (non-hydrogen) atoms. The van der Waals surface area contributed by atoms with Crippen LogP contribution in [0, 0.1) is 12.8 Å². The van der Waals surface area contributed by atoms with Gasteiger partial charge in [-0.3, -0.25) is 4.90 Å².